The molecule has 1 aromatic carbocycles. The molecule has 0 atom stereocenters. The van der Waals surface area contributed by atoms with E-state index in [9.17, 15) is 4.79 Å². The SMILES string of the molecule is Nc1nc(CC(=O)O)c2cccc(Cl)c2n1. The highest BCUT2D eigenvalue weighted by Crippen LogP contribution is 2.24. The fourth-order valence-electron chi connectivity index (χ4n) is 1.48. The summed E-state index contributed by atoms with van der Waals surface area (Å²) in [7, 11) is 0. The van der Waals surface area contributed by atoms with Gasteiger partial charge in [-0.1, -0.05) is 23.7 Å². The van der Waals surface area contributed by atoms with Crippen LogP contribution in [0.15, 0.2) is 18.2 Å². The molecule has 6 heteroatoms. The fraction of sp³-hybridized carbons (Fsp3) is 0.100. The summed E-state index contributed by atoms with van der Waals surface area (Å²) in [6.07, 6.45) is -0.205. The number of aliphatic carboxylic acids is 1. The number of rotatable bonds is 2. The van der Waals surface area contributed by atoms with E-state index in [4.69, 9.17) is 22.4 Å². The third-order valence-electron chi connectivity index (χ3n) is 2.09. The normalized spacial score (nSPS) is 10.6. The van der Waals surface area contributed by atoms with Crippen molar-refractivity contribution < 1.29 is 9.90 Å². The van der Waals surface area contributed by atoms with Crippen molar-refractivity contribution in [1.29, 1.82) is 0 Å². The van der Waals surface area contributed by atoms with Gasteiger partial charge in [0.05, 0.1) is 22.7 Å². The van der Waals surface area contributed by atoms with Crippen molar-refractivity contribution in [3.8, 4) is 0 Å². The quantitative estimate of drug-likeness (QED) is 0.826. The van der Waals surface area contributed by atoms with Crippen molar-refractivity contribution in [2.75, 3.05) is 5.73 Å². The van der Waals surface area contributed by atoms with Gasteiger partial charge in [0, 0.05) is 5.39 Å². The second-order valence-electron chi connectivity index (χ2n) is 3.24. The number of nitrogens with zero attached hydrogens (tertiary/aromatic N) is 2. The van der Waals surface area contributed by atoms with E-state index in [0.717, 1.165) is 0 Å². The van der Waals surface area contributed by atoms with Crippen LogP contribution in [-0.4, -0.2) is 21.0 Å². The van der Waals surface area contributed by atoms with Gasteiger partial charge in [-0.15, -0.1) is 0 Å². The highest BCUT2D eigenvalue weighted by Gasteiger charge is 2.11. The zero-order valence-corrected chi connectivity index (χ0v) is 8.90. The number of nitrogen functional groups attached to an aromatic ring is 1. The van der Waals surface area contributed by atoms with Crippen LogP contribution in [0.1, 0.15) is 5.69 Å². The minimum absolute atomic E-state index is 0.0249. The molecule has 0 aliphatic rings. The molecule has 16 heavy (non-hydrogen) atoms. The van der Waals surface area contributed by atoms with E-state index in [1.807, 2.05) is 0 Å². The molecule has 0 amide bonds. The number of carboxylic acid groups (broad SMARTS) is 1. The van der Waals surface area contributed by atoms with Gasteiger partial charge in [-0.2, -0.15) is 0 Å². The molecule has 2 aromatic rings. The van der Waals surface area contributed by atoms with Crippen LogP contribution >= 0.6 is 11.6 Å². The van der Waals surface area contributed by atoms with Gasteiger partial charge in [0.1, 0.15) is 0 Å². The lowest BCUT2D eigenvalue weighted by Gasteiger charge is -2.05. The Hall–Kier alpha value is -1.88. The third-order valence-corrected chi connectivity index (χ3v) is 2.40. The van der Waals surface area contributed by atoms with E-state index < -0.39 is 5.97 Å². The minimum atomic E-state index is -0.973. The Morgan fingerprint density at radius 2 is 2.19 bits per heavy atom. The first-order valence-corrected chi connectivity index (χ1v) is 4.88. The molecule has 5 nitrogen and oxygen atoms in total. The number of hydrogen-bond donors (Lipinski definition) is 2. The Morgan fingerprint density at radius 1 is 1.44 bits per heavy atom. The molecule has 0 saturated heterocycles. The number of nitrogens with two attached hydrogens (primary N) is 1. The van der Waals surface area contributed by atoms with Crippen LogP contribution in [0, 0.1) is 0 Å². The summed E-state index contributed by atoms with van der Waals surface area (Å²) in [5.74, 6) is -0.948. The van der Waals surface area contributed by atoms with E-state index in [1.165, 1.54) is 0 Å². The second-order valence-corrected chi connectivity index (χ2v) is 3.64. The van der Waals surface area contributed by atoms with E-state index in [0.29, 0.717) is 21.6 Å². The van der Waals surface area contributed by atoms with Crippen molar-refractivity contribution in [2.45, 2.75) is 6.42 Å². The summed E-state index contributed by atoms with van der Waals surface area (Å²) in [5, 5.41) is 9.80. The molecule has 1 heterocycles. The summed E-state index contributed by atoms with van der Waals surface area (Å²) in [4.78, 5) is 18.6. The number of carboxylic acids is 1. The van der Waals surface area contributed by atoms with Crippen molar-refractivity contribution >= 4 is 34.4 Å². The van der Waals surface area contributed by atoms with Crippen LogP contribution in [0.3, 0.4) is 0 Å². The molecular weight excluding hydrogens is 230 g/mol. The summed E-state index contributed by atoms with van der Waals surface area (Å²) < 4.78 is 0. The van der Waals surface area contributed by atoms with Crippen molar-refractivity contribution in [3.05, 3.63) is 28.9 Å². The number of para-hydroxylation sites is 1. The maximum Gasteiger partial charge on any atom is 0.309 e. The minimum Gasteiger partial charge on any atom is -0.481 e. The topological polar surface area (TPSA) is 89.1 Å². The molecule has 0 unspecified atom stereocenters. The van der Waals surface area contributed by atoms with E-state index in [1.54, 1.807) is 18.2 Å². The van der Waals surface area contributed by atoms with Crippen molar-refractivity contribution in [2.24, 2.45) is 0 Å². The maximum absolute atomic E-state index is 10.7. The predicted octanol–water partition coefficient (Wildman–Crippen LogP) is 1.49. The predicted molar refractivity (Wildman–Crippen MR) is 60.3 cm³/mol. The summed E-state index contributed by atoms with van der Waals surface area (Å²) in [6, 6.07) is 5.11. The monoisotopic (exact) mass is 237 g/mol. The molecule has 0 aliphatic carbocycles. The van der Waals surface area contributed by atoms with Crippen LogP contribution in [0.2, 0.25) is 5.02 Å². The Labute approximate surface area is 95.9 Å². The lowest BCUT2D eigenvalue weighted by Crippen LogP contribution is -2.06. The summed E-state index contributed by atoms with van der Waals surface area (Å²) in [6.45, 7) is 0. The van der Waals surface area contributed by atoms with Crippen molar-refractivity contribution in [1.82, 2.24) is 9.97 Å². The number of benzene rings is 1. The molecule has 3 N–H and O–H groups in total. The Balaban J connectivity index is 2.72. The molecule has 0 radical (unpaired) electrons. The molecule has 1 aromatic heterocycles. The standard InChI is InChI=1S/C10H8ClN3O2/c11-6-3-1-2-5-7(4-8(15)16)13-10(12)14-9(5)6/h1-3H,4H2,(H,15,16)(H2,12,13,14). The van der Waals surface area contributed by atoms with Crippen LogP contribution in [0.25, 0.3) is 10.9 Å². The maximum atomic E-state index is 10.7. The van der Waals surface area contributed by atoms with E-state index >= 15 is 0 Å². The zero-order valence-electron chi connectivity index (χ0n) is 8.14. The molecule has 0 spiro atoms. The molecule has 2 rings (SSSR count). The van der Waals surface area contributed by atoms with Crippen LogP contribution in [0.5, 0.6) is 0 Å². The van der Waals surface area contributed by atoms with Crippen LogP contribution in [0.4, 0.5) is 5.95 Å². The molecule has 0 saturated carbocycles. The van der Waals surface area contributed by atoms with Gasteiger partial charge in [0.25, 0.3) is 0 Å². The smallest absolute Gasteiger partial charge is 0.309 e. The van der Waals surface area contributed by atoms with E-state index in [2.05, 4.69) is 9.97 Å². The number of hydrogen-bond acceptors (Lipinski definition) is 4. The lowest BCUT2D eigenvalue weighted by molar-refractivity contribution is -0.136. The summed E-state index contributed by atoms with van der Waals surface area (Å²) in [5.41, 5.74) is 6.35. The van der Waals surface area contributed by atoms with Crippen LogP contribution < -0.4 is 5.73 Å². The Bertz CT molecular complexity index is 571. The number of anilines is 1. The number of carbonyl (C=O) groups is 1. The Morgan fingerprint density at radius 3 is 2.88 bits per heavy atom. The van der Waals surface area contributed by atoms with Crippen molar-refractivity contribution in [3.63, 3.8) is 0 Å². The van der Waals surface area contributed by atoms with Gasteiger partial charge in [-0.3, -0.25) is 4.79 Å². The first kappa shape index (κ1) is 10.6. The van der Waals surface area contributed by atoms with Gasteiger partial charge in [0.2, 0.25) is 5.95 Å². The lowest BCUT2D eigenvalue weighted by atomic mass is 10.1. The number of aromatic nitrogens is 2. The Kier molecular flexibility index (Phi) is 2.62. The average Bonchev–Trinajstić information content (AvgIpc) is 2.18. The summed E-state index contributed by atoms with van der Waals surface area (Å²) >= 11 is 5.94. The first-order chi connectivity index (χ1) is 7.58. The first-order valence-electron chi connectivity index (χ1n) is 4.50. The second kappa shape index (κ2) is 3.94. The number of fused-ring (bicyclic) bond motifs is 1. The van der Waals surface area contributed by atoms with Gasteiger partial charge >= 0.3 is 5.97 Å². The molecular formula is C10H8ClN3O2. The molecule has 0 bridgehead atoms. The van der Waals surface area contributed by atoms with Gasteiger partial charge in [-0.05, 0) is 6.07 Å². The highest BCUT2D eigenvalue weighted by atomic mass is 35.5. The van der Waals surface area contributed by atoms with E-state index in [-0.39, 0.29) is 12.4 Å². The molecule has 82 valence electrons. The van der Waals surface area contributed by atoms with Gasteiger partial charge < -0.3 is 10.8 Å². The van der Waals surface area contributed by atoms with Gasteiger partial charge in [-0.25, -0.2) is 9.97 Å². The fourth-order valence-corrected chi connectivity index (χ4v) is 1.69. The van der Waals surface area contributed by atoms with Gasteiger partial charge in [0.15, 0.2) is 0 Å². The zero-order chi connectivity index (χ0) is 11.7. The molecule has 0 fully saturated rings. The largest absolute Gasteiger partial charge is 0.481 e. The van der Waals surface area contributed by atoms with Crippen LogP contribution in [-0.2, 0) is 11.2 Å². The third kappa shape index (κ3) is 1.90. The molecule has 0 aliphatic heterocycles. The number of halogens is 1. The average molecular weight is 238 g/mol. The highest BCUT2D eigenvalue weighted by molar-refractivity contribution is 6.35.